The van der Waals surface area contributed by atoms with E-state index in [0.29, 0.717) is 17.1 Å². The molecule has 3 heterocycles. The van der Waals surface area contributed by atoms with Crippen molar-refractivity contribution in [3.63, 3.8) is 0 Å². The summed E-state index contributed by atoms with van der Waals surface area (Å²) in [5, 5.41) is 5.07. The molecule has 1 aliphatic rings. The molecule has 6 nitrogen and oxygen atoms in total. The lowest BCUT2D eigenvalue weighted by molar-refractivity contribution is 0.0730. The Morgan fingerprint density at radius 2 is 2.07 bits per heavy atom. The Balaban J connectivity index is 1.47. The normalized spacial score (nSPS) is 16.6. The molecular formula is C22H20ClN5O. The number of para-hydroxylation sites is 2. The number of carbonyl (C=O) groups is 1. The van der Waals surface area contributed by atoms with E-state index in [1.54, 1.807) is 10.9 Å². The quantitative estimate of drug-likeness (QED) is 0.537. The molecule has 0 aliphatic carbocycles. The fraction of sp³-hybridized carbons (Fsp3) is 0.227. The standard InChI is InChI=1S/C22H20ClN5O/c1-14-17(13-24-28(14)16-7-4-6-15(23)12-16)22(29)27-11-5-10-20(27)21-25-18-8-2-3-9-19(18)26-21/h2-4,6-9,12-13,20H,5,10-11H2,1H3,(H,25,26). The number of carbonyl (C=O) groups excluding carboxylic acids is 1. The SMILES string of the molecule is Cc1c(C(=O)N2CCCC2c2nc3ccccc3[nH]2)cnn1-c1cccc(Cl)c1. The van der Waals surface area contributed by atoms with E-state index in [4.69, 9.17) is 16.6 Å². The summed E-state index contributed by atoms with van der Waals surface area (Å²) in [6.07, 6.45) is 3.49. The summed E-state index contributed by atoms with van der Waals surface area (Å²) in [5.74, 6) is 0.829. The molecule has 4 aromatic rings. The molecule has 2 aromatic heterocycles. The molecule has 2 aromatic carbocycles. The van der Waals surface area contributed by atoms with Crippen molar-refractivity contribution in [1.29, 1.82) is 0 Å². The van der Waals surface area contributed by atoms with E-state index in [2.05, 4.69) is 10.1 Å². The second-order valence-corrected chi connectivity index (χ2v) is 7.77. The van der Waals surface area contributed by atoms with Gasteiger partial charge in [-0.15, -0.1) is 0 Å². The summed E-state index contributed by atoms with van der Waals surface area (Å²) < 4.78 is 1.76. The Labute approximate surface area is 173 Å². The Morgan fingerprint density at radius 3 is 2.90 bits per heavy atom. The number of amides is 1. The zero-order valence-corrected chi connectivity index (χ0v) is 16.7. The first kappa shape index (κ1) is 17.9. The number of nitrogens with zero attached hydrogens (tertiary/aromatic N) is 4. The zero-order chi connectivity index (χ0) is 20.0. The number of imidazole rings is 1. The van der Waals surface area contributed by atoms with Crippen molar-refractivity contribution in [2.24, 2.45) is 0 Å². The van der Waals surface area contributed by atoms with Crippen molar-refractivity contribution in [3.8, 4) is 5.69 Å². The van der Waals surface area contributed by atoms with Crippen LogP contribution >= 0.6 is 11.6 Å². The molecule has 1 aliphatic heterocycles. The van der Waals surface area contributed by atoms with Gasteiger partial charge in [0.15, 0.2) is 0 Å². The number of aromatic nitrogens is 4. The molecule has 0 spiro atoms. The first-order chi connectivity index (χ1) is 14.1. The number of nitrogens with one attached hydrogen (secondary N) is 1. The van der Waals surface area contributed by atoms with Crippen molar-refractivity contribution in [1.82, 2.24) is 24.6 Å². The Morgan fingerprint density at radius 1 is 1.21 bits per heavy atom. The Bertz CT molecular complexity index is 1180. The van der Waals surface area contributed by atoms with Gasteiger partial charge in [0.05, 0.1) is 40.2 Å². The maximum atomic E-state index is 13.4. The van der Waals surface area contributed by atoms with E-state index in [9.17, 15) is 4.79 Å². The number of hydrogen-bond acceptors (Lipinski definition) is 3. The molecule has 0 bridgehead atoms. The minimum absolute atomic E-state index is 0.0151. The number of fused-ring (bicyclic) bond motifs is 1. The molecule has 1 unspecified atom stereocenters. The van der Waals surface area contributed by atoms with Gasteiger partial charge in [-0.1, -0.05) is 29.8 Å². The van der Waals surface area contributed by atoms with E-state index in [0.717, 1.165) is 41.1 Å². The van der Waals surface area contributed by atoms with Gasteiger partial charge in [0, 0.05) is 11.6 Å². The number of halogens is 1. The van der Waals surface area contributed by atoms with Crippen molar-refractivity contribution < 1.29 is 4.79 Å². The lowest BCUT2D eigenvalue weighted by atomic mass is 10.1. The van der Waals surface area contributed by atoms with Crippen LogP contribution in [-0.4, -0.2) is 37.1 Å². The van der Waals surface area contributed by atoms with Crippen LogP contribution in [0.2, 0.25) is 5.02 Å². The van der Waals surface area contributed by atoms with Crippen molar-refractivity contribution in [2.45, 2.75) is 25.8 Å². The third-order valence-electron chi connectivity index (χ3n) is 5.53. The van der Waals surface area contributed by atoms with Crippen molar-refractivity contribution >= 4 is 28.5 Å². The number of hydrogen-bond donors (Lipinski definition) is 1. The van der Waals surface area contributed by atoms with E-state index < -0.39 is 0 Å². The highest BCUT2D eigenvalue weighted by atomic mass is 35.5. The second-order valence-electron chi connectivity index (χ2n) is 7.33. The number of H-pyrrole nitrogens is 1. The first-order valence-electron chi connectivity index (χ1n) is 9.68. The van der Waals surface area contributed by atoms with Crippen LogP contribution in [-0.2, 0) is 0 Å². The average Bonchev–Trinajstić information content (AvgIpc) is 3.44. The Hall–Kier alpha value is -3.12. The minimum atomic E-state index is -0.0520. The molecule has 0 radical (unpaired) electrons. The number of likely N-dealkylation sites (tertiary alicyclic amines) is 1. The maximum Gasteiger partial charge on any atom is 0.257 e. The third kappa shape index (κ3) is 3.09. The van der Waals surface area contributed by atoms with E-state index >= 15 is 0 Å². The van der Waals surface area contributed by atoms with Crippen LogP contribution in [0.1, 0.15) is 40.8 Å². The summed E-state index contributed by atoms with van der Waals surface area (Å²) in [4.78, 5) is 23.4. The molecule has 1 saturated heterocycles. The van der Waals surface area contributed by atoms with Gasteiger partial charge in [0.25, 0.3) is 5.91 Å². The molecular weight excluding hydrogens is 386 g/mol. The molecule has 146 valence electrons. The van der Waals surface area contributed by atoms with Crippen molar-refractivity contribution in [3.05, 3.63) is 76.8 Å². The van der Waals surface area contributed by atoms with Gasteiger partial charge in [-0.25, -0.2) is 9.67 Å². The van der Waals surface area contributed by atoms with Crippen LogP contribution in [0.15, 0.2) is 54.7 Å². The van der Waals surface area contributed by atoms with Crippen molar-refractivity contribution in [2.75, 3.05) is 6.54 Å². The smallest absolute Gasteiger partial charge is 0.257 e. The predicted molar refractivity (Wildman–Crippen MR) is 112 cm³/mol. The molecule has 1 N–H and O–H groups in total. The van der Waals surface area contributed by atoms with E-state index in [-0.39, 0.29) is 11.9 Å². The first-order valence-corrected chi connectivity index (χ1v) is 10.1. The minimum Gasteiger partial charge on any atom is -0.340 e. The summed E-state index contributed by atoms with van der Waals surface area (Å²) in [7, 11) is 0. The third-order valence-corrected chi connectivity index (χ3v) is 5.77. The number of aromatic amines is 1. The summed E-state index contributed by atoms with van der Waals surface area (Å²) >= 11 is 6.11. The van der Waals surface area contributed by atoms with Gasteiger partial charge in [-0.2, -0.15) is 5.10 Å². The van der Waals surface area contributed by atoms with Crippen LogP contribution < -0.4 is 0 Å². The van der Waals surface area contributed by atoms with Gasteiger partial charge < -0.3 is 9.88 Å². The average molecular weight is 406 g/mol. The van der Waals surface area contributed by atoms with Crippen LogP contribution in [0, 0.1) is 6.92 Å². The lowest BCUT2D eigenvalue weighted by Gasteiger charge is -2.23. The monoisotopic (exact) mass is 405 g/mol. The fourth-order valence-electron chi connectivity index (χ4n) is 4.07. The van der Waals surface area contributed by atoms with E-state index in [1.165, 1.54) is 0 Å². The summed E-state index contributed by atoms with van der Waals surface area (Å²) in [6, 6.07) is 15.3. The largest absolute Gasteiger partial charge is 0.340 e. The van der Waals surface area contributed by atoms with Gasteiger partial charge >= 0.3 is 0 Å². The summed E-state index contributed by atoms with van der Waals surface area (Å²) in [6.45, 7) is 2.62. The molecule has 0 saturated carbocycles. The van der Waals surface area contributed by atoms with Crippen LogP contribution in [0.3, 0.4) is 0 Å². The second kappa shape index (κ2) is 7.04. The van der Waals surface area contributed by atoms with Gasteiger partial charge in [0.1, 0.15) is 5.82 Å². The maximum absolute atomic E-state index is 13.4. The van der Waals surface area contributed by atoms with Crippen LogP contribution in [0.5, 0.6) is 0 Å². The summed E-state index contributed by atoms with van der Waals surface area (Å²) in [5.41, 5.74) is 4.16. The van der Waals surface area contributed by atoms with E-state index in [1.807, 2.05) is 60.4 Å². The number of rotatable bonds is 3. The molecule has 5 rings (SSSR count). The molecule has 29 heavy (non-hydrogen) atoms. The van der Waals surface area contributed by atoms with Gasteiger partial charge in [-0.05, 0) is 50.1 Å². The highest BCUT2D eigenvalue weighted by Crippen LogP contribution is 2.33. The Kier molecular flexibility index (Phi) is 4.36. The van der Waals surface area contributed by atoms with Crippen LogP contribution in [0.25, 0.3) is 16.7 Å². The predicted octanol–water partition coefficient (Wildman–Crippen LogP) is 4.69. The highest BCUT2D eigenvalue weighted by molar-refractivity contribution is 6.30. The van der Waals surface area contributed by atoms with Crippen LogP contribution in [0.4, 0.5) is 0 Å². The zero-order valence-electron chi connectivity index (χ0n) is 16.0. The topological polar surface area (TPSA) is 66.8 Å². The van der Waals surface area contributed by atoms with Gasteiger partial charge in [-0.3, -0.25) is 4.79 Å². The fourth-order valence-corrected chi connectivity index (χ4v) is 4.25. The van der Waals surface area contributed by atoms with Gasteiger partial charge in [0.2, 0.25) is 0 Å². The molecule has 1 amide bonds. The molecule has 1 fully saturated rings. The lowest BCUT2D eigenvalue weighted by Crippen LogP contribution is -2.31. The highest BCUT2D eigenvalue weighted by Gasteiger charge is 2.34. The number of benzene rings is 2. The molecule has 1 atom stereocenters. The molecule has 7 heteroatoms.